The average Bonchev–Trinajstić information content (AvgIpc) is 2.97. The summed E-state index contributed by atoms with van der Waals surface area (Å²) in [5, 5.41) is 40.1. The minimum atomic E-state index is -1.89. The molecule has 1 aromatic carbocycles. The van der Waals surface area contributed by atoms with E-state index in [0.717, 1.165) is 43.0 Å². The number of ether oxygens (including phenoxy) is 2. The first-order chi connectivity index (χ1) is 15.5. The second kappa shape index (κ2) is 8.86. The van der Waals surface area contributed by atoms with E-state index in [9.17, 15) is 15.8 Å². The van der Waals surface area contributed by atoms with Crippen LogP contribution in [0.5, 0.6) is 0 Å². The molecule has 166 valence electrons. The largest absolute Gasteiger partial charge is 0.447 e. The summed E-state index contributed by atoms with van der Waals surface area (Å²) in [6, 6.07) is 13.9. The van der Waals surface area contributed by atoms with Crippen LogP contribution >= 0.6 is 15.9 Å². The van der Waals surface area contributed by atoms with Gasteiger partial charge in [0.05, 0.1) is 24.1 Å². The highest BCUT2D eigenvalue weighted by Gasteiger charge is 2.79. The highest BCUT2D eigenvalue weighted by atomic mass is 79.9. The first-order valence-corrected chi connectivity index (χ1v) is 12.2. The normalized spacial score (nSPS) is 34.4. The number of benzene rings is 1. The summed E-state index contributed by atoms with van der Waals surface area (Å²) in [5.41, 5.74) is -2.93. The zero-order valence-corrected chi connectivity index (χ0v) is 19.7. The van der Waals surface area contributed by atoms with E-state index in [0.29, 0.717) is 18.4 Å². The molecule has 2 bridgehead atoms. The average molecular weight is 495 g/mol. The van der Waals surface area contributed by atoms with Crippen LogP contribution in [0.25, 0.3) is 0 Å². The Morgan fingerprint density at radius 1 is 0.938 bits per heavy atom. The van der Waals surface area contributed by atoms with Gasteiger partial charge in [-0.15, -0.1) is 0 Å². The summed E-state index contributed by atoms with van der Waals surface area (Å²) in [4.78, 5) is 0. The van der Waals surface area contributed by atoms with Gasteiger partial charge in [0.25, 0.3) is 0 Å². The zero-order valence-electron chi connectivity index (χ0n) is 18.1. The second-order valence-electron chi connectivity index (χ2n) is 9.17. The molecular formula is C25H27BrN4O2. The van der Waals surface area contributed by atoms with Gasteiger partial charge in [0.15, 0.2) is 5.41 Å². The summed E-state index contributed by atoms with van der Waals surface area (Å²) < 4.78 is 13.6. The molecule has 3 aliphatic rings. The van der Waals surface area contributed by atoms with Crippen molar-refractivity contribution in [3.8, 4) is 18.2 Å². The van der Waals surface area contributed by atoms with Crippen molar-refractivity contribution in [2.45, 2.75) is 76.1 Å². The van der Waals surface area contributed by atoms with E-state index in [4.69, 9.17) is 14.9 Å². The summed E-state index contributed by atoms with van der Waals surface area (Å²) in [7, 11) is 0. The number of nitrogens with zero attached hydrogens (tertiary/aromatic N) is 3. The lowest BCUT2D eigenvalue weighted by atomic mass is 9.52. The molecule has 2 heterocycles. The third-order valence-corrected chi connectivity index (χ3v) is 7.96. The van der Waals surface area contributed by atoms with Crippen LogP contribution < -0.4 is 0 Å². The molecule has 4 atom stereocenters. The molecule has 4 unspecified atom stereocenters. The number of hydrogen-bond donors (Lipinski definition) is 1. The Hall–Kier alpha value is -2.40. The first kappa shape index (κ1) is 22.8. The topological polar surface area (TPSA) is 114 Å². The van der Waals surface area contributed by atoms with Gasteiger partial charge < -0.3 is 9.47 Å². The predicted molar refractivity (Wildman–Crippen MR) is 121 cm³/mol. The standard InChI is InChI=1S/C25H27BrN4O2/c26-19-11-9-10-18(14-19)21-23(15-27,16-28)24(17-29)20-12-7-5-3-1-2-4-6-8-13-25(20,31-21)32-22(24)30/h9-11,14,20-21,30H,1-8,12-13H2. The van der Waals surface area contributed by atoms with Crippen LogP contribution in [0.15, 0.2) is 28.7 Å². The molecule has 1 aliphatic carbocycles. The van der Waals surface area contributed by atoms with Crippen LogP contribution in [-0.4, -0.2) is 11.7 Å². The van der Waals surface area contributed by atoms with E-state index in [1.54, 1.807) is 6.07 Å². The van der Waals surface area contributed by atoms with E-state index in [2.05, 4.69) is 34.1 Å². The van der Waals surface area contributed by atoms with Crippen molar-refractivity contribution in [3.63, 3.8) is 0 Å². The number of hydrogen-bond acceptors (Lipinski definition) is 6. The quantitative estimate of drug-likeness (QED) is 0.491. The van der Waals surface area contributed by atoms with Gasteiger partial charge in [0.2, 0.25) is 17.1 Å². The number of rotatable bonds is 1. The SMILES string of the molecule is N#CC1(C#N)C(c2cccc(Br)c2)OC23CCCCCCCCCCC2C1(C#N)C(=N)O3. The van der Waals surface area contributed by atoms with Crippen molar-refractivity contribution < 1.29 is 9.47 Å². The maximum Gasteiger partial charge on any atom is 0.217 e. The van der Waals surface area contributed by atoms with Crippen molar-refractivity contribution in [1.29, 1.82) is 21.2 Å². The lowest BCUT2D eigenvalue weighted by molar-refractivity contribution is -0.287. The van der Waals surface area contributed by atoms with Crippen molar-refractivity contribution in [3.05, 3.63) is 34.3 Å². The van der Waals surface area contributed by atoms with Crippen molar-refractivity contribution in [2.75, 3.05) is 0 Å². The summed E-state index contributed by atoms with van der Waals surface area (Å²) in [5.74, 6) is -1.99. The molecule has 2 saturated heterocycles. The Balaban J connectivity index is 1.90. The monoisotopic (exact) mass is 494 g/mol. The Kier molecular flexibility index (Phi) is 6.30. The zero-order chi connectivity index (χ0) is 22.8. The smallest absolute Gasteiger partial charge is 0.217 e. The molecule has 0 radical (unpaired) electrons. The molecule has 2 aliphatic heterocycles. The first-order valence-electron chi connectivity index (χ1n) is 11.4. The second-order valence-corrected chi connectivity index (χ2v) is 10.1. The Bertz CT molecular complexity index is 1010. The van der Waals surface area contributed by atoms with Gasteiger partial charge in [-0.05, 0) is 30.5 Å². The molecule has 1 aromatic rings. The fourth-order valence-electron chi connectivity index (χ4n) is 5.89. The molecule has 4 rings (SSSR count). The Morgan fingerprint density at radius 3 is 2.22 bits per heavy atom. The summed E-state index contributed by atoms with van der Waals surface area (Å²) in [6.45, 7) is 0. The molecule has 1 saturated carbocycles. The van der Waals surface area contributed by atoms with Crippen LogP contribution in [0.1, 0.15) is 75.9 Å². The summed E-state index contributed by atoms with van der Waals surface area (Å²) >= 11 is 3.46. The van der Waals surface area contributed by atoms with E-state index < -0.39 is 28.6 Å². The van der Waals surface area contributed by atoms with Crippen molar-refractivity contribution in [1.82, 2.24) is 0 Å². The van der Waals surface area contributed by atoms with Crippen LogP contribution in [-0.2, 0) is 9.47 Å². The van der Waals surface area contributed by atoms with Gasteiger partial charge in [-0.3, -0.25) is 5.41 Å². The van der Waals surface area contributed by atoms with Crippen LogP contribution in [0, 0.1) is 56.2 Å². The van der Waals surface area contributed by atoms with Gasteiger partial charge in [0.1, 0.15) is 6.10 Å². The molecular weight excluding hydrogens is 468 g/mol. The Morgan fingerprint density at radius 2 is 1.59 bits per heavy atom. The van der Waals surface area contributed by atoms with E-state index in [1.165, 1.54) is 12.8 Å². The molecule has 6 nitrogen and oxygen atoms in total. The van der Waals surface area contributed by atoms with Gasteiger partial charge in [0, 0.05) is 10.9 Å². The molecule has 0 aromatic heterocycles. The maximum atomic E-state index is 10.5. The molecule has 1 N–H and O–H groups in total. The van der Waals surface area contributed by atoms with Crippen LogP contribution in [0.4, 0.5) is 0 Å². The third kappa shape index (κ3) is 3.24. The highest BCUT2D eigenvalue weighted by molar-refractivity contribution is 9.10. The molecule has 0 amide bonds. The van der Waals surface area contributed by atoms with Crippen molar-refractivity contribution >= 4 is 21.8 Å². The molecule has 32 heavy (non-hydrogen) atoms. The minimum Gasteiger partial charge on any atom is -0.447 e. The van der Waals surface area contributed by atoms with Gasteiger partial charge in [-0.25, -0.2) is 0 Å². The predicted octanol–water partition coefficient (Wildman–Crippen LogP) is 6.30. The Labute approximate surface area is 197 Å². The molecule has 0 spiro atoms. The third-order valence-electron chi connectivity index (χ3n) is 7.47. The van der Waals surface area contributed by atoms with Crippen LogP contribution in [0.3, 0.4) is 0 Å². The lowest BCUT2D eigenvalue weighted by Gasteiger charge is -2.50. The van der Waals surface area contributed by atoms with Gasteiger partial charge in [-0.1, -0.05) is 73.0 Å². The summed E-state index contributed by atoms with van der Waals surface area (Å²) in [6.07, 6.45) is 8.55. The van der Waals surface area contributed by atoms with Crippen LogP contribution in [0.2, 0.25) is 0 Å². The number of nitrogens with one attached hydrogen (secondary N) is 1. The number of nitriles is 3. The van der Waals surface area contributed by atoms with Crippen molar-refractivity contribution in [2.24, 2.45) is 16.7 Å². The molecule has 3 fully saturated rings. The molecule has 7 heteroatoms. The highest BCUT2D eigenvalue weighted by Crippen LogP contribution is 2.68. The lowest BCUT2D eigenvalue weighted by Crippen LogP contribution is -2.59. The fraction of sp³-hybridized carbons (Fsp3) is 0.600. The fourth-order valence-corrected chi connectivity index (χ4v) is 6.31. The maximum absolute atomic E-state index is 10.5. The van der Waals surface area contributed by atoms with E-state index >= 15 is 0 Å². The van der Waals surface area contributed by atoms with E-state index in [-0.39, 0.29) is 5.90 Å². The van der Waals surface area contributed by atoms with E-state index in [1.807, 2.05) is 18.2 Å². The minimum absolute atomic E-state index is 0.291. The number of halogens is 1. The van der Waals surface area contributed by atoms with Gasteiger partial charge in [-0.2, -0.15) is 15.8 Å². The van der Waals surface area contributed by atoms with Gasteiger partial charge >= 0.3 is 0 Å².